The van der Waals surface area contributed by atoms with Crippen molar-refractivity contribution in [3.05, 3.63) is 64.5 Å². The Labute approximate surface area is 149 Å². The molecule has 4 rings (SSSR count). The normalized spacial score (nSPS) is 13.9. The van der Waals surface area contributed by atoms with E-state index in [1.165, 1.54) is 6.07 Å². The Balaban J connectivity index is 1.96. The number of hydrogen-bond acceptors (Lipinski definition) is 3. The first kappa shape index (κ1) is 16.6. The minimum atomic E-state index is -0.668. The molecule has 1 aromatic carbocycles. The summed E-state index contributed by atoms with van der Waals surface area (Å²) in [5, 5.41) is 0.199. The fourth-order valence-corrected chi connectivity index (χ4v) is 3.18. The van der Waals surface area contributed by atoms with E-state index in [9.17, 15) is 14.0 Å². The molecule has 5 nitrogen and oxygen atoms in total. The maximum absolute atomic E-state index is 14.7. The average Bonchev–Trinajstić information content (AvgIpc) is 3.27. The van der Waals surface area contributed by atoms with Gasteiger partial charge in [0.1, 0.15) is 11.4 Å². The monoisotopic (exact) mass is 354 g/mol. The number of ether oxygens (including phenoxy) is 1. The quantitative estimate of drug-likeness (QED) is 0.659. The summed E-state index contributed by atoms with van der Waals surface area (Å²) in [5.41, 5.74) is 0.451. The number of hydrogen-bond donors (Lipinski definition) is 0. The number of halogens is 1. The predicted octanol–water partition coefficient (Wildman–Crippen LogP) is 3.52. The minimum absolute atomic E-state index is 0.0480. The van der Waals surface area contributed by atoms with Crippen LogP contribution in [0.1, 0.15) is 30.1 Å². The maximum atomic E-state index is 14.7. The highest BCUT2D eigenvalue weighted by atomic mass is 19.1. The van der Waals surface area contributed by atoms with Crippen LogP contribution in [-0.2, 0) is 11.3 Å². The number of esters is 1. The van der Waals surface area contributed by atoms with Gasteiger partial charge in [0.2, 0.25) is 5.43 Å². The Hall–Kier alpha value is -2.89. The van der Waals surface area contributed by atoms with Gasteiger partial charge in [-0.3, -0.25) is 4.79 Å². The molecule has 2 aromatic heterocycles. The fraction of sp³-hybridized carbons (Fsp3) is 0.300. The molecule has 0 unspecified atom stereocenters. The van der Waals surface area contributed by atoms with Crippen molar-refractivity contribution in [3.8, 4) is 5.69 Å². The van der Waals surface area contributed by atoms with Crippen LogP contribution in [-0.4, -0.2) is 21.7 Å². The number of carbonyl (C=O) groups is 1. The lowest BCUT2D eigenvalue weighted by Crippen LogP contribution is -2.21. The number of aromatic nitrogens is 2. The summed E-state index contributed by atoms with van der Waals surface area (Å²) in [6.45, 7) is 2.56. The molecule has 1 aliphatic rings. The molecule has 0 N–H and O–H groups in total. The number of benzene rings is 1. The molecule has 0 amide bonds. The van der Waals surface area contributed by atoms with E-state index in [-0.39, 0.29) is 17.6 Å². The number of nitrogens with zero attached hydrogens (tertiary/aromatic N) is 2. The smallest absolute Gasteiger partial charge is 0.343 e. The summed E-state index contributed by atoms with van der Waals surface area (Å²) in [6.07, 6.45) is 7.29. The van der Waals surface area contributed by atoms with Crippen molar-refractivity contribution < 1.29 is 13.9 Å². The number of pyridine rings is 1. The molecule has 0 saturated heterocycles. The Morgan fingerprint density at radius 3 is 2.65 bits per heavy atom. The van der Waals surface area contributed by atoms with Crippen LogP contribution in [0.25, 0.3) is 16.6 Å². The lowest BCUT2D eigenvalue weighted by molar-refractivity contribution is 0.0524. The number of carbonyl (C=O) groups excluding carboxylic acids is 1. The van der Waals surface area contributed by atoms with Gasteiger partial charge in [-0.05, 0) is 49.9 Å². The Bertz CT molecular complexity index is 1030. The zero-order chi connectivity index (χ0) is 18.3. The maximum Gasteiger partial charge on any atom is 0.343 e. The van der Waals surface area contributed by atoms with Gasteiger partial charge in [0.25, 0.3) is 0 Å². The number of fused-ring (bicyclic) bond motifs is 1. The number of rotatable bonds is 5. The zero-order valence-corrected chi connectivity index (χ0v) is 14.4. The summed E-state index contributed by atoms with van der Waals surface area (Å²) in [7, 11) is 0. The lowest BCUT2D eigenvalue weighted by Gasteiger charge is -2.15. The summed E-state index contributed by atoms with van der Waals surface area (Å²) in [5.74, 6) is -0.653. The van der Waals surface area contributed by atoms with Crippen molar-refractivity contribution >= 4 is 16.9 Å². The van der Waals surface area contributed by atoms with Gasteiger partial charge in [-0.1, -0.05) is 0 Å². The van der Waals surface area contributed by atoms with E-state index >= 15 is 0 Å². The van der Waals surface area contributed by atoms with E-state index in [2.05, 4.69) is 0 Å². The van der Waals surface area contributed by atoms with Gasteiger partial charge in [0, 0.05) is 30.5 Å². The van der Waals surface area contributed by atoms with Crippen LogP contribution < -0.4 is 5.43 Å². The molecule has 2 heterocycles. The van der Waals surface area contributed by atoms with Gasteiger partial charge >= 0.3 is 5.97 Å². The van der Waals surface area contributed by atoms with Gasteiger partial charge in [-0.15, -0.1) is 0 Å². The molecule has 0 spiro atoms. The Kier molecular flexibility index (Phi) is 4.11. The van der Waals surface area contributed by atoms with Crippen molar-refractivity contribution in [2.75, 3.05) is 6.61 Å². The minimum Gasteiger partial charge on any atom is -0.462 e. The van der Waals surface area contributed by atoms with E-state index in [0.29, 0.717) is 23.7 Å². The third-order valence-electron chi connectivity index (χ3n) is 4.68. The Morgan fingerprint density at radius 1 is 1.27 bits per heavy atom. The van der Waals surface area contributed by atoms with Crippen LogP contribution in [0.2, 0.25) is 0 Å². The first-order chi connectivity index (χ1) is 12.6. The largest absolute Gasteiger partial charge is 0.462 e. The first-order valence-electron chi connectivity index (χ1n) is 8.75. The van der Waals surface area contributed by atoms with Crippen LogP contribution in [0.3, 0.4) is 0 Å². The Morgan fingerprint density at radius 2 is 2.00 bits per heavy atom. The first-order valence-corrected chi connectivity index (χ1v) is 8.75. The van der Waals surface area contributed by atoms with Crippen molar-refractivity contribution in [1.29, 1.82) is 0 Å². The standard InChI is InChI=1S/C20H19FN2O3/c1-2-26-20(25)15-12-23(11-13-5-6-13)17-10-18(22-7-3-4-8-22)16(21)9-14(17)19(15)24/h3-4,7-10,12-13H,2,5-6,11H2,1H3. The molecule has 3 aromatic rings. The summed E-state index contributed by atoms with van der Waals surface area (Å²) >= 11 is 0. The fourth-order valence-electron chi connectivity index (χ4n) is 3.18. The van der Waals surface area contributed by atoms with Gasteiger partial charge in [0.15, 0.2) is 0 Å². The molecule has 0 bridgehead atoms. The van der Waals surface area contributed by atoms with E-state index < -0.39 is 17.2 Å². The summed E-state index contributed by atoms with van der Waals surface area (Å²) in [4.78, 5) is 24.9. The van der Waals surface area contributed by atoms with Gasteiger partial charge in [-0.2, -0.15) is 0 Å². The van der Waals surface area contributed by atoms with Crippen LogP contribution in [0.5, 0.6) is 0 Å². The predicted molar refractivity (Wildman–Crippen MR) is 96.2 cm³/mol. The highest BCUT2D eigenvalue weighted by molar-refractivity contribution is 5.94. The van der Waals surface area contributed by atoms with E-state index in [4.69, 9.17) is 4.74 Å². The molecule has 1 fully saturated rings. The molecular weight excluding hydrogens is 335 g/mol. The molecule has 0 radical (unpaired) electrons. The van der Waals surface area contributed by atoms with Crippen molar-refractivity contribution in [1.82, 2.24) is 9.13 Å². The van der Waals surface area contributed by atoms with Crippen molar-refractivity contribution in [2.24, 2.45) is 5.92 Å². The van der Waals surface area contributed by atoms with Crippen LogP contribution in [0.4, 0.5) is 4.39 Å². The van der Waals surface area contributed by atoms with Gasteiger partial charge in [-0.25, -0.2) is 9.18 Å². The van der Waals surface area contributed by atoms with Crippen LogP contribution in [0.15, 0.2) is 47.7 Å². The highest BCUT2D eigenvalue weighted by Crippen LogP contribution is 2.32. The second-order valence-electron chi connectivity index (χ2n) is 6.60. The molecule has 0 aliphatic heterocycles. The molecule has 1 saturated carbocycles. The van der Waals surface area contributed by atoms with Crippen LogP contribution >= 0.6 is 0 Å². The van der Waals surface area contributed by atoms with E-state index in [1.807, 2.05) is 16.7 Å². The highest BCUT2D eigenvalue weighted by Gasteiger charge is 2.25. The summed E-state index contributed by atoms with van der Waals surface area (Å²) in [6, 6.07) is 6.51. The molecular formula is C20H19FN2O3. The lowest BCUT2D eigenvalue weighted by atomic mass is 10.1. The average molecular weight is 354 g/mol. The zero-order valence-electron chi connectivity index (χ0n) is 14.4. The molecule has 0 atom stereocenters. The molecule has 134 valence electrons. The molecule has 1 aliphatic carbocycles. The second kappa shape index (κ2) is 6.44. The SMILES string of the molecule is CCOC(=O)c1cn(CC2CC2)c2cc(-n3cccc3)c(F)cc2c1=O. The summed E-state index contributed by atoms with van der Waals surface area (Å²) < 4.78 is 23.2. The van der Waals surface area contributed by atoms with Gasteiger partial charge in [0.05, 0.1) is 17.8 Å². The molecule has 6 heteroatoms. The van der Waals surface area contributed by atoms with Crippen LogP contribution in [0, 0.1) is 11.7 Å². The molecule has 26 heavy (non-hydrogen) atoms. The van der Waals surface area contributed by atoms with Crippen molar-refractivity contribution in [2.45, 2.75) is 26.3 Å². The van der Waals surface area contributed by atoms with Crippen molar-refractivity contribution in [3.63, 3.8) is 0 Å². The third kappa shape index (κ3) is 2.92. The third-order valence-corrected chi connectivity index (χ3v) is 4.68. The van der Waals surface area contributed by atoms with E-state index in [0.717, 1.165) is 12.8 Å². The van der Waals surface area contributed by atoms with E-state index in [1.54, 1.807) is 36.1 Å². The second-order valence-corrected chi connectivity index (χ2v) is 6.60. The van der Waals surface area contributed by atoms with Gasteiger partial charge < -0.3 is 13.9 Å². The topological polar surface area (TPSA) is 53.2 Å².